The van der Waals surface area contributed by atoms with Gasteiger partial charge in [-0.25, -0.2) is 4.79 Å². The molecule has 2 heterocycles. The molecule has 0 saturated carbocycles. The van der Waals surface area contributed by atoms with Crippen LogP contribution < -0.4 is 16.3 Å². The number of piperidine rings is 1. The number of imidazole rings is 1. The lowest BCUT2D eigenvalue weighted by molar-refractivity contribution is -0.121. The summed E-state index contributed by atoms with van der Waals surface area (Å²) < 4.78 is 3.27. The van der Waals surface area contributed by atoms with Crippen LogP contribution in [0, 0.1) is 5.92 Å². The molecule has 1 saturated heterocycles. The number of carbonyl (C=O) groups is 1. The minimum absolute atomic E-state index is 0. The van der Waals surface area contributed by atoms with Gasteiger partial charge in [0.05, 0.1) is 11.0 Å². The van der Waals surface area contributed by atoms with Crippen LogP contribution in [0.25, 0.3) is 11.0 Å². The van der Waals surface area contributed by atoms with Crippen molar-refractivity contribution in [2.24, 2.45) is 5.92 Å². The average molecular weight is 367 g/mol. The number of aryl methyl sites for hydroxylation is 1. The molecule has 25 heavy (non-hydrogen) atoms. The molecule has 0 bridgehead atoms. The van der Waals surface area contributed by atoms with Gasteiger partial charge in [0.2, 0.25) is 5.91 Å². The number of halogens is 1. The second kappa shape index (κ2) is 9.06. The molecule has 2 N–H and O–H groups in total. The predicted octanol–water partition coefficient (Wildman–Crippen LogP) is 1.75. The Hall–Kier alpha value is -1.79. The van der Waals surface area contributed by atoms with Crippen molar-refractivity contribution in [3.05, 3.63) is 34.7 Å². The van der Waals surface area contributed by atoms with Crippen molar-refractivity contribution in [2.75, 3.05) is 19.6 Å². The van der Waals surface area contributed by atoms with Gasteiger partial charge in [0.25, 0.3) is 0 Å². The number of fused-ring (bicyclic) bond motifs is 1. The fraction of sp³-hybridized carbons (Fsp3) is 0.556. The van der Waals surface area contributed by atoms with Crippen LogP contribution >= 0.6 is 12.4 Å². The summed E-state index contributed by atoms with van der Waals surface area (Å²) in [5.74, 6) is 0.545. The van der Waals surface area contributed by atoms with Crippen LogP contribution in [0.3, 0.4) is 0 Å². The van der Waals surface area contributed by atoms with Gasteiger partial charge in [0, 0.05) is 13.1 Å². The highest BCUT2D eigenvalue weighted by molar-refractivity contribution is 5.85. The van der Waals surface area contributed by atoms with E-state index in [0.717, 1.165) is 30.5 Å². The van der Waals surface area contributed by atoms with Gasteiger partial charge in [-0.15, -0.1) is 12.4 Å². The highest BCUT2D eigenvalue weighted by Gasteiger charge is 2.15. The lowest BCUT2D eigenvalue weighted by atomic mass is 9.96. The molecular weight excluding hydrogens is 340 g/mol. The van der Waals surface area contributed by atoms with Gasteiger partial charge >= 0.3 is 5.69 Å². The van der Waals surface area contributed by atoms with Gasteiger partial charge in [-0.1, -0.05) is 12.1 Å². The van der Waals surface area contributed by atoms with Crippen molar-refractivity contribution in [1.29, 1.82) is 0 Å². The van der Waals surface area contributed by atoms with Crippen molar-refractivity contribution in [2.45, 2.75) is 39.3 Å². The smallest absolute Gasteiger partial charge is 0.329 e. The molecule has 138 valence electrons. The zero-order valence-electron chi connectivity index (χ0n) is 14.7. The third kappa shape index (κ3) is 4.44. The zero-order chi connectivity index (χ0) is 16.9. The third-order valence-electron chi connectivity index (χ3n) is 4.82. The number of carbonyl (C=O) groups excluding carboxylic acids is 1. The number of benzene rings is 1. The van der Waals surface area contributed by atoms with E-state index < -0.39 is 0 Å². The number of amides is 1. The minimum Gasteiger partial charge on any atom is -0.355 e. The monoisotopic (exact) mass is 366 g/mol. The molecule has 6 nitrogen and oxygen atoms in total. The number of hydrogen-bond donors (Lipinski definition) is 2. The predicted molar refractivity (Wildman–Crippen MR) is 102 cm³/mol. The third-order valence-corrected chi connectivity index (χ3v) is 4.82. The number of nitrogens with zero attached hydrogens (tertiary/aromatic N) is 2. The summed E-state index contributed by atoms with van der Waals surface area (Å²) in [5.41, 5.74) is 1.58. The summed E-state index contributed by atoms with van der Waals surface area (Å²) in [4.78, 5) is 24.8. The Labute approximate surface area is 154 Å². The van der Waals surface area contributed by atoms with Crippen LogP contribution in [-0.4, -0.2) is 34.7 Å². The molecule has 0 aliphatic carbocycles. The second-order valence-corrected chi connectivity index (χ2v) is 6.45. The van der Waals surface area contributed by atoms with Gasteiger partial charge < -0.3 is 10.6 Å². The summed E-state index contributed by atoms with van der Waals surface area (Å²) in [6.45, 7) is 5.44. The highest BCUT2D eigenvalue weighted by Crippen LogP contribution is 2.14. The first-order chi connectivity index (χ1) is 11.7. The Balaban J connectivity index is 0.00000225. The number of nitrogens with one attached hydrogen (secondary N) is 2. The number of hydrogen-bond acceptors (Lipinski definition) is 3. The van der Waals surface area contributed by atoms with Gasteiger partial charge in [-0.3, -0.25) is 13.9 Å². The summed E-state index contributed by atoms with van der Waals surface area (Å²) in [6, 6.07) is 7.62. The van der Waals surface area contributed by atoms with E-state index in [2.05, 4.69) is 10.6 Å². The first-order valence-electron chi connectivity index (χ1n) is 8.86. The van der Waals surface area contributed by atoms with Gasteiger partial charge in [-0.05, 0) is 57.3 Å². The largest absolute Gasteiger partial charge is 0.355 e. The van der Waals surface area contributed by atoms with E-state index in [4.69, 9.17) is 0 Å². The molecule has 1 aliphatic heterocycles. The first kappa shape index (κ1) is 19.5. The van der Waals surface area contributed by atoms with E-state index in [1.165, 1.54) is 12.8 Å². The summed E-state index contributed by atoms with van der Waals surface area (Å²) in [5, 5.41) is 6.35. The maximum absolute atomic E-state index is 12.5. The van der Waals surface area contributed by atoms with E-state index in [1.54, 1.807) is 9.13 Å². The fourth-order valence-electron chi connectivity index (χ4n) is 3.52. The van der Waals surface area contributed by atoms with Crippen LogP contribution in [0.4, 0.5) is 0 Å². The van der Waals surface area contributed by atoms with Crippen LogP contribution in [0.15, 0.2) is 29.1 Å². The molecule has 1 unspecified atom stereocenters. The molecule has 1 atom stereocenters. The molecule has 1 aromatic carbocycles. The second-order valence-electron chi connectivity index (χ2n) is 6.45. The lowest BCUT2D eigenvalue weighted by Crippen LogP contribution is -2.36. The average Bonchev–Trinajstić information content (AvgIpc) is 2.87. The standard InChI is InChI=1S/C18H26N4O2.ClH/c1-2-21-15-7-3-4-8-16(15)22(18(21)24)13-17(23)20-11-9-14-6-5-10-19-12-14;/h3-4,7-8,14,19H,2,5-6,9-13H2,1H3,(H,20,23);1H. The molecular formula is C18H27ClN4O2. The van der Waals surface area contributed by atoms with Crippen LogP contribution in [0.5, 0.6) is 0 Å². The van der Waals surface area contributed by atoms with E-state index in [-0.39, 0.29) is 30.5 Å². The minimum atomic E-state index is -0.120. The van der Waals surface area contributed by atoms with Crippen LogP contribution in [-0.2, 0) is 17.9 Å². The highest BCUT2D eigenvalue weighted by atomic mass is 35.5. The zero-order valence-corrected chi connectivity index (χ0v) is 15.5. The Bertz CT molecular complexity index is 762. The molecule has 1 fully saturated rings. The van der Waals surface area contributed by atoms with Crippen molar-refractivity contribution in [3.8, 4) is 0 Å². The number of para-hydroxylation sites is 2. The quantitative estimate of drug-likeness (QED) is 0.818. The van der Waals surface area contributed by atoms with Gasteiger partial charge in [-0.2, -0.15) is 0 Å². The molecule has 1 aliphatic rings. The van der Waals surface area contributed by atoms with Crippen molar-refractivity contribution >= 4 is 29.3 Å². The van der Waals surface area contributed by atoms with Crippen LogP contribution in [0.2, 0.25) is 0 Å². The van der Waals surface area contributed by atoms with Crippen molar-refractivity contribution < 1.29 is 4.79 Å². The van der Waals surface area contributed by atoms with E-state index >= 15 is 0 Å². The van der Waals surface area contributed by atoms with E-state index in [9.17, 15) is 9.59 Å². The normalized spacial score (nSPS) is 17.2. The summed E-state index contributed by atoms with van der Waals surface area (Å²) in [7, 11) is 0. The topological polar surface area (TPSA) is 68.1 Å². The summed E-state index contributed by atoms with van der Waals surface area (Å²) >= 11 is 0. The molecule has 2 aromatic rings. The van der Waals surface area contributed by atoms with Crippen LogP contribution in [0.1, 0.15) is 26.2 Å². The molecule has 0 spiro atoms. The molecule has 0 radical (unpaired) electrons. The SMILES string of the molecule is CCn1c(=O)n(CC(=O)NCCC2CCCNC2)c2ccccc21.Cl. The number of aromatic nitrogens is 2. The number of rotatable bonds is 6. The summed E-state index contributed by atoms with van der Waals surface area (Å²) in [6.07, 6.45) is 3.43. The molecule has 7 heteroatoms. The maximum Gasteiger partial charge on any atom is 0.329 e. The first-order valence-corrected chi connectivity index (χ1v) is 8.86. The lowest BCUT2D eigenvalue weighted by Gasteiger charge is -2.22. The Morgan fingerprint density at radius 2 is 2.00 bits per heavy atom. The van der Waals surface area contributed by atoms with Gasteiger partial charge in [0.15, 0.2) is 0 Å². The molecule has 1 aromatic heterocycles. The molecule has 3 rings (SSSR count). The van der Waals surface area contributed by atoms with Crippen molar-refractivity contribution in [1.82, 2.24) is 19.8 Å². The van der Waals surface area contributed by atoms with E-state index in [0.29, 0.717) is 19.0 Å². The Morgan fingerprint density at radius 1 is 1.28 bits per heavy atom. The fourth-order valence-corrected chi connectivity index (χ4v) is 3.52. The Kier molecular flexibility index (Phi) is 7.08. The Morgan fingerprint density at radius 3 is 2.64 bits per heavy atom. The van der Waals surface area contributed by atoms with Gasteiger partial charge in [0.1, 0.15) is 6.54 Å². The van der Waals surface area contributed by atoms with Crippen molar-refractivity contribution in [3.63, 3.8) is 0 Å². The van der Waals surface area contributed by atoms with E-state index in [1.807, 2.05) is 31.2 Å². The maximum atomic E-state index is 12.5. The molecule has 1 amide bonds.